The lowest BCUT2D eigenvalue weighted by atomic mass is 10.2. The number of benzene rings is 1. The number of anilines is 1. The third-order valence-corrected chi connectivity index (χ3v) is 3.66. The minimum absolute atomic E-state index is 0.112. The van der Waals surface area contributed by atoms with Crippen molar-refractivity contribution in [2.75, 3.05) is 18.5 Å². The number of ether oxygens (including phenoxy) is 1. The Kier molecular flexibility index (Phi) is 3.96. The summed E-state index contributed by atoms with van der Waals surface area (Å²) < 4.78 is 10.4. The molecule has 0 radical (unpaired) electrons. The van der Waals surface area contributed by atoms with E-state index in [4.69, 9.17) is 4.74 Å². The number of nitro groups is 1. The van der Waals surface area contributed by atoms with Crippen LogP contribution in [0.3, 0.4) is 0 Å². The lowest BCUT2D eigenvalue weighted by Gasteiger charge is -2.12. The van der Waals surface area contributed by atoms with Crippen molar-refractivity contribution in [2.24, 2.45) is 0 Å². The number of nitro benzene ring substituents is 1. The molecule has 1 N–H and O–H groups in total. The molecule has 0 unspecified atom stereocenters. The molecule has 0 spiro atoms. The van der Waals surface area contributed by atoms with Gasteiger partial charge in [-0.3, -0.25) is 10.1 Å². The highest BCUT2D eigenvalue weighted by Crippen LogP contribution is 2.28. The third-order valence-electron chi connectivity index (χ3n) is 3.66. The number of fused-ring (bicyclic) bond motifs is 1. The molecule has 0 amide bonds. The van der Waals surface area contributed by atoms with Gasteiger partial charge < -0.3 is 10.1 Å². The second-order valence-corrected chi connectivity index (χ2v) is 5.05. The number of hydrogen-bond donors (Lipinski definition) is 1. The number of nitrogens with zero attached hydrogens (tertiary/aromatic N) is 3. The summed E-state index contributed by atoms with van der Waals surface area (Å²) >= 11 is 0. The van der Waals surface area contributed by atoms with E-state index in [2.05, 4.69) is 20.3 Å². The quantitative estimate of drug-likeness (QED) is 0.495. The maximum atomic E-state index is 10.9. The molecule has 3 rings (SSSR count). The molecule has 8 heteroatoms. The molecule has 112 valence electrons. The first-order valence-corrected chi connectivity index (χ1v) is 7.01. The molecule has 0 atom stereocenters. The summed E-state index contributed by atoms with van der Waals surface area (Å²) in [5.74, 6) is 0. The summed E-state index contributed by atoms with van der Waals surface area (Å²) in [5, 5.41) is 21.4. The summed E-state index contributed by atoms with van der Waals surface area (Å²) in [5.41, 5.74) is 1.07. The second-order valence-electron chi connectivity index (χ2n) is 5.05. The fourth-order valence-corrected chi connectivity index (χ4v) is 2.61. The van der Waals surface area contributed by atoms with Crippen molar-refractivity contribution in [1.82, 2.24) is 10.3 Å². The highest BCUT2D eigenvalue weighted by atomic mass is 16.6. The van der Waals surface area contributed by atoms with Crippen LogP contribution < -0.4 is 5.32 Å². The maximum absolute atomic E-state index is 10.9. The summed E-state index contributed by atoms with van der Waals surface area (Å²) in [4.78, 5) is 10.4. The van der Waals surface area contributed by atoms with Gasteiger partial charge in [0, 0.05) is 12.6 Å². The van der Waals surface area contributed by atoms with Crippen molar-refractivity contribution in [3.05, 3.63) is 22.2 Å². The van der Waals surface area contributed by atoms with Crippen molar-refractivity contribution in [1.29, 1.82) is 0 Å². The van der Waals surface area contributed by atoms with Crippen LogP contribution in [-0.2, 0) is 4.74 Å². The maximum Gasteiger partial charge on any atom is 0.300 e. The molecular formula is C13H16N4O4. The first-order chi connectivity index (χ1) is 10.3. The van der Waals surface area contributed by atoms with Gasteiger partial charge in [0.1, 0.15) is 0 Å². The third kappa shape index (κ3) is 2.94. The predicted molar refractivity (Wildman–Crippen MR) is 75.2 cm³/mol. The van der Waals surface area contributed by atoms with Crippen LogP contribution in [0.2, 0.25) is 0 Å². The zero-order valence-corrected chi connectivity index (χ0v) is 11.4. The number of rotatable bonds is 6. The van der Waals surface area contributed by atoms with E-state index in [-0.39, 0.29) is 11.2 Å². The Labute approximate surface area is 120 Å². The number of aromatic nitrogens is 2. The van der Waals surface area contributed by atoms with Crippen LogP contribution in [0.15, 0.2) is 16.8 Å². The van der Waals surface area contributed by atoms with Gasteiger partial charge in [0.2, 0.25) is 5.52 Å². The highest BCUT2D eigenvalue weighted by molar-refractivity contribution is 5.93. The fraction of sp³-hybridized carbons (Fsp3) is 0.538. The van der Waals surface area contributed by atoms with Crippen LogP contribution in [0.4, 0.5) is 11.4 Å². The molecule has 1 heterocycles. The molecule has 2 aromatic rings. The SMILES string of the molecule is O=[N+]([O-])c1ccc(NCCOC2CCCC2)c2nonc12. The molecule has 1 fully saturated rings. The van der Waals surface area contributed by atoms with E-state index in [9.17, 15) is 10.1 Å². The van der Waals surface area contributed by atoms with E-state index < -0.39 is 4.92 Å². The minimum Gasteiger partial charge on any atom is -0.381 e. The molecule has 1 saturated carbocycles. The standard InChI is InChI=1S/C13H16N4O4/c18-17(19)11-6-5-10(12-13(11)16-21-15-12)14-7-8-20-9-3-1-2-4-9/h5-6,9,14H,1-4,7-8H2. The van der Waals surface area contributed by atoms with E-state index in [1.807, 2.05) is 0 Å². The Bertz CT molecular complexity index is 636. The first-order valence-electron chi connectivity index (χ1n) is 7.01. The second kappa shape index (κ2) is 6.04. The van der Waals surface area contributed by atoms with Crippen LogP contribution in [0.25, 0.3) is 11.0 Å². The molecule has 8 nitrogen and oxygen atoms in total. The van der Waals surface area contributed by atoms with Crippen molar-refractivity contribution >= 4 is 22.4 Å². The predicted octanol–water partition coefficient (Wildman–Crippen LogP) is 2.50. The van der Waals surface area contributed by atoms with Gasteiger partial charge in [-0.15, -0.1) is 0 Å². The van der Waals surface area contributed by atoms with Crippen LogP contribution >= 0.6 is 0 Å². The zero-order valence-electron chi connectivity index (χ0n) is 11.4. The molecule has 1 aromatic heterocycles. The zero-order chi connectivity index (χ0) is 14.7. The molecule has 0 bridgehead atoms. The molecule has 0 saturated heterocycles. The van der Waals surface area contributed by atoms with E-state index in [1.54, 1.807) is 6.07 Å². The molecule has 1 aliphatic rings. The van der Waals surface area contributed by atoms with E-state index >= 15 is 0 Å². The average molecular weight is 292 g/mol. The van der Waals surface area contributed by atoms with Crippen molar-refractivity contribution in [2.45, 2.75) is 31.8 Å². The van der Waals surface area contributed by atoms with Gasteiger partial charge in [-0.2, -0.15) is 0 Å². The van der Waals surface area contributed by atoms with Crippen LogP contribution in [0.5, 0.6) is 0 Å². The molecule has 21 heavy (non-hydrogen) atoms. The van der Waals surface area contributed by atoms with Gasteiger partial charge in [0.15, 0.2) is 5.52 Å². The van der Waals surface area contributed by atoms with Gasteiger partial charge >= 0.3 is 5.69 Å². The van der Waals surface area contributed by atoms with Crippen molar-refractivity contribution in [3.63, 3.8) is 0 Å². The largest absolute Gasteiger partial charge is 0.381 e. The number of hydrogen-bond acceptors (Lipinski definition) is 7. The highest BCUT2D eigenvalue weighted by Gasteiger charge is 2.19. The molecule has 0 aliphatic heterocycles. The number of non-ortho nitro benzene ring substituents is 1. The van der Waals surface area contributed by atoms with Gasteiger partial charge in [-0.1, -0.05) is 12.8 Å². The van der Waals surface area contributed by atoms with Gasteiger partial charge in [-0.05, 0) is 29.2 Å². The molecule has 1 aliphatic carbocycles. The smallest absolute Gasteiger partial charge is 0.300 e. The topological polar surface area (TPSA) is 103 Å². The Balaban J connectivity index is 1.63. The number of nitrogens with one attached hydrogen (secondary N) is 1. The van der Waals surface area contributed by atoms with Crippen LogP contribution in [0.1, 0.15) is 25.7 Å². The summed E-state index contributed by atoms with van der Waals surface area (Å²) in [6, 6.07) is 3.01. The monoisotopic (exact) mass is 292 g/mol. The normalized spacial score (nSPS) is 15.6. The Morgan fingerprint density at radius 1 is 1.33 bits per heavy atom. The van der Waals surface area contributed by atoms with Crippen molar-refractivity contribution < 1.29 is 14.3 Å². The van der Waals surface area contributed by atoms with Gasteiger partial charge in [0.25, 0.3) is 0 Å². The van der Waals surface area contributed by atoms with Crippen LogP contribution in [0, 0.1) is 10.1 Å². The average Bonchev–Trinajstić information content (AvgIpc) is 3.14. The molecular weight excluding hydrogens is 276 g/mol. The fourth-order valence-electron chi connectivity index (χ4n) is 2.61. The van der Waals surface area contributed by atoms with Gasteiger partial charge in [-0.25, -0.2) is 4.63 Å². The Morgan fingerprint density at radius 2 is 2.10 bits per heavy atom. The lowest BCUT2D eigenvalue weighted by molar-refractivity contribution is -0.383. The summed E-state index contributed by atoms with van der Waals surface area (Å²) in [7, 11) is 0. The van der Waals surface area contributed by atoms with Crippen LogP contribution in [-0.4, -0.2) is 34.5 Å². The Morgan fingerprint density at radius 3 is 2.86 bits per heavy atom. The summed E-state index contributed by atoms with van der Waals surface area (Å²) in [6.07, 6.45) is 5.12. The lowest BCUT2D eigenvalue weighted by Crippen LogP contribution is -2.15. The van der Waals surface area contributed by atoms with Gasteiger partial charge in [0.05, 0.1) is 23.3 Å². The van der Waals surface area contributed by atoms with E-state index in [0.717, 1.165) is 12.8 Å². The van der Waals surface area contributed by atoms with E-state index in [0.29, 0.717) is 30.5 Å². The van der Waals surface area contributed by atoms with E-state index in [1.165, 1.54) is 18.9 Å². The molecule has 1 aromatic carbocycles. The summed E-state index contributed by atoms with van der Waals surface area (Å²) in [6.45, 7) is 1.20. The Hall–Kier alpha value is -2.22. The van der Waals surface area contributed by atoms with Crippen molar-refractivity contribution in [3.8, 4) is 0 Å². The first kappa shape index (κ1) is 13.7. The minimum atomic E-state index is -0.500.